The van der Waals surface area contributed by atoms with Crippen LogP contribution in [-0.2, 0) is 9.53 Å². The number of nitrogens with zero attached hydrogens (tertiary/aromatic N) is 1. The summed E-state index contributed by atoms with van der Waals surface area (Å²) in [5.74, 6) is 0.0449. The summed E-state index contributed by atoms with van der Waals surface area (Å²) in [6.45, 7) is -0.170. The van der Waals surface area contributed by atoms with E-state index < -0.39 is 17.5 Å². The van der Waals surface area contributed by atoms with E-state index in [2.05, 4.69) is 15.9 Å². The summed E-state index contributed by atoms with van der Waals surface area (Å²) in [5.41, 5.74) is -0.205. The van der Waals surface area contributed by atoms with Crippen molar-refractivity contribution in [1.82, 2.24) is 0 Å². The van der Waals surface area contributed by atoms with Crippen molar-refractivity contribution < 1.29 is 23.9 Å². The van der Waals surface area contributed by atoms with Gasteiger partial charge in [0.15, 0.2) is 12.4 Å². The first kappa shape index (κ1) is 17.7. The average Bonchev–Trinajstić information content (AvgIpc) is 2.58. The number of benzene rings is 2. The molecule has 126 valence electrons. The lowest BCUT2D eigenvalue weighted by Gasteiger charge is -2.08. The van der Waals surface area contributed by atoms with Gasteiger partial charge in [-0.2, -0.15) is 0 Å². The van der Waals surface area contributed by atoms with Gasteiger partial charge in [0, 0.05) is 10.5 Å². The minimum absolute atomic E-state index is 0.0190. The molecule has 0 aromatic heterocycles. The molecule has 24 heavy (non-hydrogen) atoms. The molecule has 2 rings (SSSR count). The molecule has 0 heterocycles. The number of rotatable bonds is 8. The third-order valence-electron chi connectivity index (χ3n) is 2.84. The van der Waals surface area contributed by atoms with E-state index in [0.717, 1.165) is 4.47 Å². The van der Waals surface area contributed by atoms with E-state index >= 15 is 0 Å². The highest BCUT2D eigenvalue weighted by molar-refractivity contribution is 9.10. The van der Waals surface area contributed by atoms with Crippen molar-refractivity contribution in [3.05, 3.63) is 63.1 Å². The van der Waals surface area contributed by atoms with Crippen molar-refractivity contribution in [2.45, 2.75) is 0 Å². The third-order valence-corrected chi connectivity index (χ3v) is 3.36. The molecular formula is C16H14BrNO6. The number of nitro groups is 1. The smallest absolute Gasteiger partial charge is 0.344 e. The molecule has 0 bridgehead atoms. The number of nitro benzene ring substituents is 1. The number of para-hydroxylation sites is 2. The Bertz CT molecular complexity index is 704. The standard InChI is InChI=1S/C16H14BrNO6/c17-12-5-7-13(8-6-12)22-9-10-23-16(19)11-24-15-4-2-1-3-14(15)18(20)21/h1-8H,9-11H2. The number of carbonyl (C=O) groups excluding carboxylic acids is 1. The van der Waals surface area contributed by atoms with Crippen molar-refractivity contribution in [3.8, 4) is 11.5 Å². The highest BCUT2D eigenvalue weighted by Crippen LogP contribution is 2.25. The van der Waals surface area contributed by atoms with Gasteiger partial charge in [-0.15, -0.1) is 0 Å². The number of halogens is 1. The topological polar surface area (TPSA) is 87.9 Å². The Hall–Kier alpha value is -2.61. The second kappa shape index (κ2) is 8.88. The van der Waals surface area contributed by atoms with Gasteiger partial charge in [0.25, 0.3) is 0 Å². The molecule has 0 atom stereocenters. The number of carbonyl (C=O) groups is 1. The van der Waals surface area contributed by atoms with Gasteiger partial charge in [0.1, 0.15) is 19.0 Å². The molecule has 0 aliphatic rings. The van der Waals surface area contributed by atoms with Crippen LogP contribution in [0.1, 0.15) is 0 Å². The van der Waals surface area contributed by atoms with Crippen LogP contribution in [0.5, 0.6) is 11.5 Å². The molecule has 0 unspecified atom stereocenters. The van der Waals surface area contributed by atoms with Gasteiger partial charge in [-0.25, -0.2) is 4.79 Å². The molecule has 0 saturated heterocycles. The SMILES string of the molecule is O=C(COc1ccccc1[N+](=O)[O-])OCCOc1ccc(Br)cc1. The van der Waals surface area contributed by atoms with Gasteiger partial charge in [0.05, 0.1) is 4.92 Å². The van der Waals surface area contributed by atoms with E-state index in [9.17, 15) is 14.9 Å². The van der Waals surface area contributed by atoms with Crippen LogP contribution in [-0.4, -0.2) is 30.7 Å². The monoisotopic (exact) mass is 395 g/mol. The zero-order chi connectivity index (χ0) is 17.4. The van der Waals surface area contributed by atoms with E-state index in [0.29, 0.717) is 5.75 Å². The summed E-state index contributed by atoms with van der Waals surface area (Å²) < 4.78 is 16.4. The van der Waals surface area contributed by atoms with Crippen molar-refractivity contribution in [3.63, 3.8) is 0 Å². The molecule has 8 heteroatoms. The number of hydrogen-bond donors (Lipinski definition) is 0. The fourth-order valence-corrected chi connectivity index (χ4v) is 2.02. The van der Waals surface area contributed by atoms with Crippen LogP contribution >= 0.6 is 15.9 Å². The molecule has 0 amide bonds. The Labute approximate surface area is 146 Å². The lowest BCUT2D eigenvalue weighted by molar-refractivity contribution is -0.385. The molecule has 2 aromatic rings. The zero-order valence-electron chi connectivity index (χ0n) is 12.5. The highest BCUT2D eigenvalue weighted by Gasteiger charge is 2.15. The van der Waals surface area contributed by atoms with Crippen molar-refractivity contribution in [2.75, 3.05) is 19.8 Å². The highest BCUT2D eigenvalue weighted by atomic mass is 79.9. The van der Waals surface area contributed by atoms with Gasteiger partial charge in [-0.3, -0.25) is 10.1 Å². The normalized spacial score (nSPS) is 10.0. The van der Waals surface area contributed by atoms with Crippen molar-refractivity contribution in [1.29, 1.82) is 0 Å². The second-order valence-electron chi connectivity index (χ2n) is 4.54. The Balaban J connectivity index is 1.70. The maximum atomic E-state index is 11.6. The van der Waals surface area contributed by atoms with Gasteiger partial charge in [0.2, 0.25) is 0 Å². The predicted octanol–water partition coefficient (Wildman–Crippen LogP) is 3.36. The maximum Gasteiger partial charge on any atom is 0.344 e. The Morgan fingerprint density at radius 1 is 1.04 bits per heavy atom. The molecule has 7 nitrogen and oxygen atoms in total. The van der Waals surface area contributed by atoms with Crippen LogP contribution < -0.4 is 9.47 Å². The largest absolute Gasteiger partial charge is 0.490 e. The number of ether oxygens (including phenoxy) is 3. The minimum atomic E-state index is -0.632. The Morgan fingerprint density at radius 3 is 2.46 bits per heavy atom. The summed E-state index contributed by atoms with van der Waals surface area (Å²) in [6.07, 6.45) is 0. The zero-order valence-corrected chi connectivity index (χ0v) is 14.1. The predicted molar refractivity (Wildman–Crippen MR) is 89.2 cm³/mol. The number of esters is 1. The lowest BCUT2D eigenvalue weighted by Crippen LogP contribution is -2.18. The van der Waals surface area contributed by atoms with Gasteiger partial charge in [-0.1, -0.05) is 28.1 Å². The Kier molecular flexibility index (Phi) is 6.56. The first-order chi connectivity index (χ1) is 11.6. The molecule has 0 spiro atoms. The molecule has 0 N–H and O–H groups in total. The van der Waals surface area contributed by atoms with Crippen molar-refractivity contribution in [2.24, 2.45) is 0 Å². The van der Waals surface area contributed by atoms with Crippen LogP contribution in [0.15, 0.2) is 53.0 Å². The van der Waals surface area contributed by atoms with E-state index in [1.165, 1.54) is 18.2 Å². The maximum absolute atomic E-state index is 11.6. The van der Waals surface area contributed by atoms with Crippen LogP contribution in [0, 0.1) is 10.1 Å². The lowest BCUT2D eigenvalue weighted by atomic mass is 10.3. The molecule has 2 aromatic carbocycles. The molecule has 0 radical (unpaired) electrons. The summed E-state index contributed by atoms with van der Waals surface area (Å²) in [5, 5.41) is 10.8. The fraction of sp³-hybridized carbons (Fsp3) is 0.188. The number of hydrogen-bond acceptors (Lipinski definition) is 6. The summed E-state index contributed by atoms with van der Waals surface area (Å²) >= 11 is 3.32. The van der Waals surface area contributed by atoms with E-state index in [1.54, 1.807) is 18.2 Å². The van der Waals surface area contributed by atoms with Crippen LogP contribution in [0.25, 0.3) is 0 Å². The Morgan fingerprint density at radius 2 is 1.75 bits per heavy atom. The molecule has 0 aliphatic heterocycles. The molecular weight excluding hydrogens is 382 g/mol. The van der Waals surface area contributed by atoms with Crippen LogP contribution in [0.3, 0.4) is 0 Å². The van der Waals surface area contributed by atoms with E-state index in [1.807, 2.05) is 12.1 Å². The van der Waals surface area contributed by atoms with Gasteiger partial charge in [-0.05, 0) is 30.3 Å². The summed E-state index contributed by atoms with van der Waals surface area (Å²) in [6, 6.07) is 13.0. The van der Waals surface area contributed by atoms with E-state index in [-0.39, 0.29) is 24.7 Å². The van der Waals surface area contributed by atoms with Gasteiger partial charge >= 0.3 is 11.7 Å². The first-order valence-electron chi connectivity index (χ1n) is 6.96. The molecule has 0 fully saturated rings. The summed E-state index contributed by atoms with van der Waals surface area (Å²) in [4.78, 5) is 21.8. The van der Waals surface area contributed by atoms with E-state index in [4.69, 9.17) is 14.2 Å². The first-order valence-corrected chi connectivity index (χ1v) is 7.76. The minimum Gasteiger partial charge on any atom is -0.490 e. The fourth-order valence-electron chi connectivity index (χ4n) is 1.75. The van der Waals surface area contributed by atoms with Crippen LogP contribution in [0.4, 0.5) is 5.69 Å². The van der Waals surface area contributed by atoms with Crippen LogP contribution in [0.2, 0.25) is 0 Å². The summed E-state index contributed by atoms with van der Waals surface area (Å²) in [7, 11) is 0. The third kappa shape index (κ3) is 5.54. The van der Waals surface area contributed by atoms with Gasteiger partial charge < -0.3 is 14.2 Å². The average molecular weight is 396 g/mol. The van der Waals surface area contributed by atoms with Crippen molar-refractivity contribution >= 4 is 27.6 Å². The molecule has 0 aliphatic carbocycles. The second-order valence-corrected chi connectivity index (χ2v) is 5.45. The quantitative estimate of drug-likeness (QED) is 0.294. The molecule has 0 saturated carbocycles.